The van der Waals surface area contributed by atoms with Gasteiger partial charge in [-0.3, -0.25) is 4.79 Å². The summed E-state index contributed by atoms with van der Waals surface area (Å²) in [5.41, 5.74) is 1.99. The lowest BCUT2D eigenvalue weighted by atomic mass is 10.2. The third kappa shape index (κ3) is 5.09. The van der Waals surface area contributed by atoms with Crippen LogP contribution in [0.1, 0.15) is 12.8 Å². The first kappa shape index (κ1) is 16.4. The molecule has 2 rings (SSSR count). The van der Waals surface area contributed by atoms with Crippen LogP contribution in [0.15, 0.2) is 35.8 Å². The number of anilines is 1. The van der Waals surface area contributed by atoms with E-state index in [1.165, 1.54) is 7.11 Å². The number of hydrogen-bond acceptors (Lipinski definition) is 5. The van der Waals surface area contributed by atoms with Gasteiger partial charge in [-0.2, -0.15) is 0 Å². The van der Waals surface area contributed by atoms with E-state index in [0.717, 1.165) is 16.3 Å². The molecule has 0 saturated carbocycles. The first-order valence-corrected chi connectivity index (χ1v) is 8.09. The number of carbonyl (C=O) groups is 1. The van der Waals surface area contributed by atoms with E-state index in [1.807, 2.05) is 29.6 Å². The highest BCUT2D eigenvalue weighted by Gasteiger charge is 2.03. The SMILES string of the molecule is COC(=O)CCCNC(=S)Nc1ccc(-c2nccs2)cc1. The van der Waals surface area contributed by atoms with Crippen LogP contribution >= 0.6 is 23.6 Å². The Bertz CT molecular complexity index is 612. The Morgan fingerprint density at radius 3 is 2.77 bits per heavy atom. The Kier molecular flexibility index (Phi) is 6.29. The molecule has 0 saturated heterocycles. The summed E-state index contributed by atoms with van der Waals surface area (Å²) in [6.45, 7) is 0.623. The number of nitrogens with zero attached hydrogens (tertiary/aromatic N) is 1. The van der Waals surface area contributed by atoms with E-state index in [0.29, 0.717) is 24.5 Å². The van der Waals surface area contributed by atoms with Crippen molar-refractivity contribution >= 4 is 40.3 Å². The quantitative estimate of drug-likeness (QED) is 0.481. The molecule has 0 bridgehead atoms. The molecule has 1 aromatic carbocycles. The van der Waals surface area contributed by atoms with Gasteiger partial charge in [-0.15, -0.1) is 11.3 Å². The summed E-state index contributed by atoms with van der Waals surface area (Å²) in [4.78, 5) is 15.2. The average molecular weight is 335 g/mol. The predicted octanol–water partition coefficient (Wildman–Crippen LogP) is 3.05. The highest BCUT2D eigenvalue weighted by molar-refractivity contribution is 7.80. The molecule has 0 atom stereocenters. The molecular formula is C15H17N3O2S2. The monoisotopic (exact) mass is 335 g/mol. The van der Waals surface area contributed by atoms with Crippen LogP contribution < -0.4 is 10.6 Å². The molecule has 7 heteroatoms. The average Bonchev–Trinajstić information content (AvgIpc) is 3.06. The molecule has 2 aromatic rings. The van der Waals surface area contributed by atoms with Crippen LogP contribution in [0.3, 0.4) is 0 Å². The van der Waals surface area contributed by atoms with E-state index < -0.39 is 0 Å². The molecule has 0 fully saturated rings. The number of hydrogen-bond donors (Lipinski definition) is 2. The van der Waals surface area contributed by atoms with Gasteiger partial charge >= 0.3 is 5.97 Å². The van der Waals surface area contributed by atoms with Crippen molar-refractivity contribution in [2.24, 2.45) is 0 Å². The first-order valence-electron chi connectivity index (χ1n) is 6.80. The summed E-state index contributed by atoms with van der Waals surface area (Å²) in [5.74, 6) is -0.210. The van der Waals surface area contributed by atoms with Crippen molar-refractivity contribution in [2.75, 3.05) is 19.0 Å². The number of ether oxygens (including phenoxy) is 1. The summed E-state index contributed by atoms with van der Waals surface area (Å²) < 4.78 is 4.58. The van der Waals surface area contributed by atoms with Crippen molar-refractivity contribution in [2.45, 2.75) is 12.8 Å². The van der Waals surface area contributed by atoms with E-state index in [1.54, 1.807) is 17.5 Å². The molecule has 1 heterocycles. The van der Waals surface area contributed by atoms with Gasteiger partial charge in [-0.25, -0.2) is 4.98 Å². The van der Waals surface area contributed by atoms with E-state index in [4.69, 9.17) is 12.2 Å². The summed E-state index contributed by atoms with van der Waals surface area (Å²) in [6, 6.07) is 7.92. The smallest absolute Gasteiger partial charge is 0.305 e. The number of benzene rings is 1. The molecule has 0 aliphatic rings. The van der Waals surface area contributed by atoms with Crippen LogP contribution in [0.2, 0.25) is 0 Å². The van der Waals surface area contributed by atoms with E-state index in [2.05, 4.69) is 20.4 Å². The zero-order chi connectivity index (χ0) is 15.8. The van der Waals surface area contributed by atoms with Gasteiger partial charge in [0.25, 0.3) is 0 Å². The number of rotatable bonds is 6. The zero-order valence-corrected chi connectivity index (χ0v) is 13.8. The molecule has 2 N–H and O–H groups in total. The second-order valence-electron chi connectivity index (χ2n) is 4.48. The Labute approximate surface area is 138 Å². The van der Waals surface area contributed by atoms with Gasteiger partial charge in [-0.1, -0.05) is 0 Å². The van der Waals surface area contributed by atoms with Gasteiger partial charge in [0.05, 0.1) is 7.11 Å². The van der Waals surface area contributed by atoms with Crippen molar-refractivity contribution in [1.29, 1.82) is 0 Å². The van der Waals surface area contributed by atoms with Crippen LogP contribution in [0.5, 0.6) is 0 Å². The molecule has 0 aliphatic carbocycles. The Morgan fingerprint density at radius 2 is 2.14 bits per heavy atom. The molecule has 0 amide bonds. The van der Waals surface area contributed by atoms with Crippen molar-refractivity contribution in [3.05, 3.63) is 35.8 Å². The summed E-state index contributed by atoms with van der Waals surface area (Å²) >= 11 is 6.81. The number of aromatic nitrogens is 1. The van der Waals surface area contributed by atoms with Gasteiger partial charge < -0.3 is 15.4 Å². The number of thiocarbonyl (C=S) groups is 1. The molecule has 116 valence electrons. The number of methoxy groups -OCH3 is 1. The van der Waals surface area contributed by atoms with Gasteiger partial charge in [-0.05, 0) is 42.9 Å². The van der Waals surface area contributed by atoms with E-state index in [-0.39, 0.29) is 5.97 Å². The molecule has 0 unspecified atom stereocenters. The number of nitrogens with one attached hydrogen (secondary N) is 2. The fourth-order valence-corrected chi connectivity index (χ4v) is 2.64. The fourth-order valence-electron chi connectivity index (χ4n) is 1.77. The molecule has 0 radical (unpaired) electrons. The number of carbonyl (C=O) groups excluding carboxylic acids is 1. The van der Waals surface area contributed by atoms with Gasteiger partial charge in [0.2, 0.25) is 0 Å². The van der Waals surface area contributed by atoms with Gasteiger partial charge in [0, 0.05) is 35.8 Å². The van der Waals surface area contributed by atoms with Crippen molar-refractivity contribution < 1.29 is 9.53 Å². The summed E-state index contributed by atoms with van der Waals surface area (Å²) in [7, 11) is 1.39. The van der Waals surface area contributed by atoms with Crippen LogP contribution in [-0.2, 0) is 9.53 Å². The maximum atomic E-state index is 11.0. The predicted molar refractivity (Wildman–Crippen MR) is 93.0 cm³/mol. The third-order valence-corrected chi connectivity index (χ3v) is 3.96. The third-order valence-electron chi connectivity index (χ3n) is 2.89. The van der Waals surface area contributed by atoms with Crippen LogP contribution in [-0.4, -0.2) is 29.7 Å². The Hall–Kier alpha value is -1.99. The highest BCUT2D eigenvalue weighted by atomic mass is 32.1. The number of esters is 1. The van der Waals surface area contributed by atoms with Crippen LogP contribution in [0, 0.1) is 0 Å². The Balaban J connectivity index is 1.76. The molecule has 0 aliphatic heterocycles. The van der Waals surface area contributed by atoms with Gasteiger partial charge in [0.1, 0.15) is 5.01 Å². The largest absolute Gasteiger partial charge is 0.469 e. The lowest BCUT2D eigenvalue weighted by molar-refractivity contribution is -0.140. The van der Waals surface area contributed by atoms with Gasteiger partial charge in [0.15, 0.2) is 5.11 Å². The minimum absolute atomic E-state index is 0.210. The molecule has 5 nitrogen and oxygen atoms in total. The number of thiazole rings is 1. The molecule has 1 aromatic heterocycles. The second-order valence-corrected chi connectivity index (χ2v) is 5.78. The fraction of sp³-hybridized carbons (Fsp3) is 0.267. The lowest BCUT2D eigenvalue weighted by Crippen LogP contribution is -2.29. The standard InChI is InChI=1S/C15H17N3O2S2/c1-20-13(19)3-2-8-17-15(21)18-12-6-4-11(5-7-12)14-16-9-10-22-14/h4-7,9-10H,2-3,8H2,1H3,(H2,17,18,21). The topological polar surface area (TPSA) is 63.2 Å². The molecule has 22 heavy (non-hydrogen) atoms. The maximum absolute atomic E-state index is 11.0. The van der Waals surface area contributed by atoms with E-state index >= 15 is 0 Å². The molecular weight excluding hydrogens is 318 g/mol. The van der Waals surface area contributed by atoms with Crippen molar-refractivity contribution in [3.63, 3.8) is 0 Å². The minimum Gasteiger partial charge on any atom is -0.469 e. The first-order chi connectivity index (χ1) is 10.7. The summed E-state index contributed by atoms with van der Waals surface area (Å²) in [5, 5.41) is 9.64. The molecule has 0 spiro atoms. The minimum atomic E-state index is -0.210. The van der Waals surface area contributed by atoms with E-state index in [9.17, 15) is 4.79 Å². The van der Waals surface area contributed by atoms with Crippen LogP contribution in [0.25, 0.3) is 10.6 Å². The second kappa shape index (κ2) is 8.45. The normalized spacial score (nSPS) is 10.0. The highest BCUT2D eigenvalue weighted by Crippen LogP contribution is 2.23. The lowest BCUT2D eigenvalue weighted by Gasteiger charge is -2.10. The van der Waals surface area contributed by atoms with Crippen molar-refractivity contribution in [3.8, 4) is 10.6 Å². The maximum Gasteiger partial charge on any atom is 0.305 e. The van der Waals surface area contributed by atoms with Crippen LogP contribution in [0.4, 0.5) is 5.69 Å². The Morgan fingerprint density at radius 1 is 1.36 bits per heavy atom. The summed E-state index contributed by atoms with van der Waals surface area (Å²) in [6.07, 6.45) is 2.85. The zero-order valence-electron chi connectivity index (χ0n) is 12.2. The van der Waals surface area contributed by atoms with Crippen molar-refractivity contribution in [1.82, 2.24) is 10.3 Å².